The standard InChI is InChI=1S/C14H15ClN4/c1-2-7-14(8-16,9-19-11-17-10-18-19)12-3-5-13(15)6-4-12/h3-6,10-11H,2,7,9H2,1H3. The van der Waals surface area contributed by atoms with E-state index in [0.717, 1.165) is 18.4 Å². The van der Waals surface area contributed by atoms with Crippen LogP contribution >= 0.6 is 11.6 Å². The number of hydrogen-bond acceptors (Lipinski definition) is 3. The molecule has 1 aromatic heterocycles. The molecule has 1 unspecified atom stereocenters. The van der Waals surface area contributed by atoms with Crippen molar-refractivity contribution in [1.29, 1.82) is 5.26 Å². The van der Waals surface area contributed by atoms with Crippen molar-refractivity contribution in [2.24, 2.45) is 0 Å². The quantitative estimate of drug-likeness (QED) is 0.841. The number of benzene rings is 1. The second-order valence-corrected chi connectivity index (χ2v) is 4.98. The molecule has 2 aromatic rings. The molecule has 0 aliphatic carbocycles. The minimum Gasteiger partial charge on any atom is -0.251 e. The van der Waals surface area contributed by atoms with E-state index in [-0.39, 0.29) is 0 Å². The first-order valence-corrected chi connectivity index (χ1v) is 6.58. The second kappa shape index (κ2) is 5.85. The van der Waals surface area contributed by atoms with E-state index in [0.29, 0.717) is 11.6 Å². The second-order valence-electron chi connectivity index (χ2n) is 4.54. The molecule has 0 saturated heterocycles. The summed E-state index contributed by atoms with van der Waals surface area (Å²) in [6.45, 7) is 2.57. The van der Waals surface area contributed by atoms with Gasteiger partial charge in [-0.1, -0.05) is 37.1 Å². The number of hydrogen-bond donors (Lipinski definition) is 0. The Bertz CT molecular complexity index is 556. The lowest BCUT2D eigenvalue weighted by molar-refractivity contribution is 0.398. The van der Waals surface area contributed by atoms with Crippen LogP contribution in [0.3, 0.4) is 0 Å². The highest BCUT2D eigenvalue weighted by Gasteiger charge is 2.32. The van der Waals surface area contributed by atoms with Crippen molar-refractivity contribution in [1.82, 2.24) is 14.8 Å². The highest BCUT2D eigenvalue weighted by Crippen LogP contribution is 2.31. The van der Waals surface area contributed by atoms with Crippen LogP contribution in [0.1, 0.15) is 25.3 Å². The maximum atomic E-state index is 9.68. The molecule has 0 spiro atoms. The van der Waals surface area contributed by atoms with Crippen LogP contribution in [0.5, 0.6) is 0 Å². The molecular formula is C14H15ClN4. The van der Waals surface area contributed by atoms with Crippen LogP contribution in [0.25, 0.3) is 0 Å². The molecule has 1 heterocycles. The summed E-state index contributed by atoms with van der Waals surface area (Å²) in [5, 5.41) is 14.5. The Morgan fingerprint density at radius 1 is 1.37 bits per heavy atom. The number of nitrogens with zero attached hydrogens (tertiary/aromatic N) is 4. The summed E-state index contributed by atoms with van der Waals surface area (Å²) in [7, 11) is 0. The number of nitriles is 1. The summed E-state index contributed by atoms with van der Waals surface area (Å²) in [4.78, 5) is 3.93. The van der Waals surface area contributed by atoms with Gasteiger partial charge in [0.1, 0.15) is 18.1 Å². The summed E-state index contributed by atoms with van der Waals surface area (Å²) in [6.07, 6.45) is 4.81. The summed E-state index contributed by atoms with van der Waals surface area (Å²) >= 11 is 5.91. The van der Waals surface area contributed by atoms with Crippen molar-refractivity contribution in [3.8, 4) is 6.07 Å². The van der Waals surface area contributed by atoms with Crippen LogP contribution in [0, 0.1) is 11.3 Å². The van der Waals surface area contributed by atoms with Crippen LogP contribution in [-0.4, -0.2) is 14.8 Å². The van der Waals surface area contributed by atoms with Gasteiger partial charge in [-0.3, -0.25) is 4.68 Å². The summed E-state index contributed by atoms with van der Waals surface area (Å²) < 4.78 is 1.70. The third-order valence-electron chi connectivity index (χ3n) is 3.19. The first-order chi connectivity index (χ1) is 9.20. The number of halogens is 1. The molecule has 5 heteroatoms. The van der Waals surface area contributed by atoms with E-state index >= 15 is 0 Å². The monoisotopic (exact) mass is 274 g/mol. The molecule has 0 aliphatic rings. The minimum absolute atomic E-state index is 0.499. The van der Waals surface area contributed by atoms with Gasteiger partial charge in [0.15, 0.2) is 0 Å². The molecule has 0 N–H and O–H groups in total. The lowest BCUT2D eigenvalue weighted by Crippen LogP contribution is -2.30. The normalized spacial score (nSPS) is 13.7. The topological polar surface area (TPSA) is 54.5 Å². The van der Waals surface area contributed by atoms with Gasteiger partial charge in [-0.05, 0) is 24.1 Å². The molecule has 0 amide bonds. The smallest absolute Gasteiger partial charge is 0.137 e. The lowest BCUT2D eigenvalue weighted by Gasteiger charge is -2.26. The van der Waals surface area contributed by atoms with E-state index in [1.807, 2.05) is 24.3 Å². The van der Waals surface area contributed by atoms with E-state index in [4.69, 9.17) is 11.6 Å². The Hall–Kier alpha value is -1.86. The molecule has 4 nitrogen and oxygen atoms in total. The Labute approximate surface area is 117 Å². The Balaban J connectivity index is 2.38. The molecule has 19 heavy (non-hydrogen) atoms. The highest BCUT2D eigenvalue weighted by molar-refractivity contribution is 6.30. The van der Waals surface area contributed by atoms with E-state index in [1.54, 1.807) is 11.0 Å². The van der Waals surface area contributed by atoms with Gasteiger partial charge in [-0.15, -0.1) is 0 Å². The first kappa shape index (κ1) is 13.6. The molecule has 1 aromatic carbocycles. The Morgan fingerprint density at radius 3 is 2.63 bits per heavy atom. The fraction of sp³-hybridized carbons (Fsp3) is 0.357. The third kappa shape index (κ3) is 2.94. The highest BCUT2D eigenvalue weighted by atomic mass is 35.5. The van der Waals surface area contributed by atoms with Crippen LogP contribution < -0.4 is 0 Å². The maximum absolute atomic E-state index is 9.68. The van der Waals surface area contributed by atoms with E-state index in [1.165, 1.54) is 6.33 Å². The van der Waals surface area contributed by atoms with Crippen molar-refractivity contribution in [2.45, 2.75) is 31.7 Å². The first-order valence-electron chi connectivity index (χ1n) is 6.20. The van der Waals surface area contributed by atoms with Gasteiger partial charge in [0.25, 0.3) is 0 Å². The van der Waals surface area contributed by atoms with E-state index < -0.39 is 5.41 Å². The molecule has 1 atom stereocenters. The molecule has 0 bridgehead atoms. The zero-order valence-corrected chi connectivity index (χ0v) is 11.5. The molecule has 98 valence electrons. The van der Waals surface area contributed by atoms with Crippen LogP contribution in [-0.2, 0) is 12.0 Å². The van der Waals surface area contributed by atoms with Gasteiger partial charge in [0.2, 0.25) is 0 Å². The zero-order chi connectivity index (χ0) is 13.7. The van der Waals surface area contributed by atoms with Crippen LogP contribution in [0.15, 0.2) is 36.9 Å². The predicted octanol–water partition coefficient (Wildman–Crippen LogP) is 3.19. The van der Waals surface area contributed by atoms with E-state index in [9.17, 15) is 5.26 Å². The molecule has 0 aliphatic heterocycles. The van der Waals surface area contributed by atoms with Crippen molar-refractivity contribution < 1.29 is 0 Å². The minimum atomic E-state index is -0.590. The molecule has 0 saturated carbocycles. The average Bonchev–Trinajstić information content (AvgIpc) is 2.92. The fourth-order valence-electron chi connectivity index (χ4n) is 2.26. The van der Waals surface area contributed by atoms with Crippen LogP contribution in [0.4, 0.5) is 0 Å². The number of aromatic nitrogens is 3. The summed E-state index contributed by atoms with van der Waals surface area (Å²) in [5.41, 5.74) is 0.379. The van der Waals surface area contributed by atoms with Gasteiger partial charge in [0.05, 0.1) is 12.6 Å². The van der Waals surface area contributed by atoms with Gasteiger partial charge in [-0.25, -0.2) is 4.98 Å². The zero-order valence-electron chi connectivity index (χ0n) is 10.8. The van der Waals surface area contributed by atoms with Crippen LogP contribution in [0.2, 0.25) is 5.02 Å². The van der Waals surface area contributed by atoms with Crippen molar-refractivity contribution in [2.75, 3.05) is 0 Å². The maximum Gasteiger partial charge on any atom is 0.137 e. The van der Waals surface area contributed by atoms with Crippen molar-refractivity contribution >= 4 is 11.6 Å². The summed E-state index contributed by atoms with van der Waals surface area (Å²) in [5.74, 6) is 0. The van der Waals surface area contributed by atoms with Gasteiger partial charge >= 0.3 is 0 Å². The van der Waals surface area contributed by atoms with Crippen molar-refractivity contribution in [3.63, 3.8) is 0 Å². The Kier molecular flexibility index (Phi) is 4.18. The predicted molar refractivity (Wildman–Crippen MR) is 73.7 cm³/mol. The molecule has 0 fully saturated rings. The SMILES string of the molecule is CCCC(C#N)(Cn1cncn1)c1ccc(Cl)cc1. The average molecular weight is 275 g/mol. The third-order valence-corrected chi connectivity index (χ3v) is 3.44. The van der Waals surface area contributed by atoms with Gasteiger partial charge in [0, 0.05) is 5.02 Å². The Morgan fingerprint density at radius 2 is 2.11 bits per heavy atom. The van der Waals surface area contributed by atoms with E-state index in [2.05, 4.69) is 23.1 Å². The lowest BCUT2D eigenvalue weighted by atomic mass is 9.78. The fourth-order valence-corrected chi connectivity index (χ4v) is 2.38. The molecule has 0 radical (unpaired) electrons. The molecular weight excluding hydrogens is 260 g/mol. The number of rotatable bonds is 5. The largest absolute Gasteiger partial charge is 0.251 e. The van der Waals surface area contributed by atoms with Gasteiger partial charge in [-0.2, -0.15) is 10.4 Å². The van der Waals surface area contributed by atoms with Crippen molar-refractivity contribution in [3.05, 3.63) is 47.5 Å². The van der Waals surface area contributed by atoms with Gasteiger partial charge < -0.3 is 0 Å². The molecule has 2 rings (SSSR count). The summed E-state index contributed by atoms with van der Waals surface area (Å²) in [6, 6.07) is 9.93.